The minimum absolute atomic E-state index is 0.144. The van der Waals surface area contributed by atoms with Gasteiger partial charge in [-0.3, -0.25) is 4.79 Å². The van der Waals surface area contributed by atoms with Crippen LogP contribution in [0.3, 0.4) is 0 Å². The van der Waals surface area contributed by atoms with Crippen molar-refractivity contribution in [2.75, 3.05) is 19.6 Å². The highest BCUT2D eigenvalue weighted by Crippen LogP contribution is 2.14. The monoisotopic (exact) mass is 282 g/mol. The minimum atomic E-state index is -0.537. The van der Waals surface area contributed by atoms with E-state index < -0.39 is 6.10 Å². The number of β-amino-alcohol motifs (C(OH)–C–C–N with tert-alkyl or cyclic N) is 1. The zero-order valence-corrected chi connectivity index (χ0v) is 11.6. The second-order valence-corrected chi connectivity index (χ2v) is 5.23. The molecule has 4 nitrogen and oxygen atoms in total. The number of aliphatic hydroxyl groups is 1. The second-order valence-electron chi connectivity index (χ2n) is 4.82. The van der Waals surface area contributed by atoms with E-state index in [-0.39, 0.29) is 5.91 Å². The number of amides is 1. The molecule has 1 amide bonds. The summed E-state index contributed by atoms with van der Waals surface area (Å²) in [6.45, 7) is 2.24. The van der Waals surface area contributed by atoms with Crippen LogP contribution in [-0.2, 0) is 11.3 Å². The topological polar surface area (TPSA) is 52.6 Å². The first-order valence-corrected chi connectivity index (χ1v) is 6.94. The number of halogens is 1. The normalized spacial score (nSPS) is 16.9. The number of aliphatic hydroxyl groups excluding tert-OH is 1. The van der Waals surface area contributed by atoms with Crippen molar-refractivity contribution in [3.8, 4) is 0 Å². The van der Waals surface area contributed by atoms with Crippen LogP contribution in [-0.4, -0.2) is 41.7 Å². The standard InChI is InChI=1S/C14H19ClN2O2/c15-13-5-2-1-4-11(13)8-16-9-12(18)10-17-7-3-6-14(17)19/h1-2,4-5,12,16,18H,3,6-10H2. The summed E-state index contributed by atoms with van der Waals surface area (Å²) in [6, 6.07) is 7.62. The van der Waals surface area contributed by atoms with E-state index in [0.29, 0.717) is 26.1 Å². The lowest BCUT2D eigenvalue weighted by molar-refractivity contribution is -0.128. The maximum atomic E-state index is 11.4. The van der Waals surface area contributed by atoms with Gasteiger partial charge in [-0.05, 0) is 18.1 Å². The van der Waals surface area contributed by atoms with E-state index >= 15 is 0 Å². The van der Waals surface area contributed by atoms with E-state index in [1.165, 1.54) is 0 Å². The van der Waals surface area contributed by atoms with Crippen LogP contribution in [0.15, 0.2) is 24.3 Å². The lowest BCUT2D eigenvalue weighted by Gasteiger charge is -2.20. The number of nitrogens with zero attached hydrogens (tertiary/aromatic N) is 1. The van der Waals surface area contributed by atoms with Crippen LogP contribution in [0.4, 0.5) is 0 Å². The average Bonchev–Trinajstić information content (AvgIpc) is 2.77. The first kappa shape index (κ1) is 14.3. The van der Waals surface area contributed by atoms with Crippen molar-refractivity contribution >= 4 is 17.5 Å². The first-order chi connectivity index (χ1) is 9.16. The van der Waals surface area contributed by atoms with Gasteiger partial charge in [0.2, 0.25) is 5.91 Å². The van der Waals surface area contributed by atoms with Gasteiger partial charge in [0.1, 0.15) is 0 Å². The van der Waals surface area contributed by atoms with Crippen molar-refractivity contribution in [3.05, 3.63) is 34.9 Å². The number of carbonyl (C=O) groups is 1. The van der Waals surface area contributed by atoms with Gasteiger partial charge in [0.05, 0.1) is 6.10 Å². The molecule has 1 heterocycles. The third-order valence-electron chi connectivity index (χ3n) is 3.26. The molecule has 1 saturated heterocycles. The number of benzene rings is 1. The maximum absolute atomic E-state index is 11.4. The van der Waals surface area contributed by atoms with Gasteiger partial charge in [0, 0.05) is 37.6 Å². The van der Waals surface area contributed by atoms with E-state index in [1.807, 2.05) is 24.3 Å². The highest BCUT2D eigenvalue weighted by molar-refractivity contribution is 6.31. The van der Waals surface area contributed by atoms with Crippen LogP contribution >= 0.6 is 11.6 Å². The summed E-state index contributed by atoms with van der Waals surface area (Å²) in [5, 5.41) is 13.8. The molecule has 5 heteroatoms. The van der Waals surface area contributed by atoms with Crippen molar-refractivity contribution in [1.82, 2.24) is 10.2 Å². The summed E-state index contributed by atoms with van der Waals surface area (Å²) in [5.74, 6) is 0.144. The molecule has 0 bridgehead atoms. The molecule has 19 heavy (non-hydrogen) atoms. The number of rotatable bonds is 6. The molecule has 0 saturated carbocycles. The molecule has 0 radical (unpaired) electrons. The van der Waals surface area contributed by atoms with Crippen molar-refractivity contribution in [3.63, 3.8) is 0 Å². The quantitative estimate of drug-likeness (QED) is 0.830. The molecular formula is C14H19ClN2O2. The van der Waals surface area contributed by atoms with Crippen LogP contribution in [0.25, 0.3) is 0 Å². The van der Waals surface area contributed by atoms with Gasteiger partial charge in [-0.1, -0.05) is 29.8 Å². The van der Waals surface area contributed by atoms with E-state index in [0.717, 1.165) is 23.6 Å². The van der Waals surface area contributed by atoms with Crippen molar-refractivity contribution in [2.24, 2.45) is 0 Å². The molecule has 2 rings (SSSR count). The molecule has 1 aromatic rings. The number of carbonyl (C=O) groups excluding carboxylic acids is 1. The zero-order chi connectivity index (χ0) is 13.7. The highest BCUT2D eigenvalue weighted by Gasteiger charge is 2.22. The fraction of sp³-hybridized carbons (Fsp3) is 0.500. The van der Waals surface area contributed by atoms with Crippen molar-refractivity contribution in [2.45, 2.75) is 25.5 Å². The van der Waals surface area contributed by atoms with E-state index in [2.05, 4.69) is 5.32 Å². The summed E-state index contributed by atoms with van der Waals surface area (Å²) in [7, 11) is 0. The molecule has 0 aliphatic carbocycles. The van der Waals surface area contributed by atoms with Crippen LogP contribution in [0.2, 0.25) is 5.02 Å². The molecule has 1 aliphatic rings. The first-order valence-electron chi connectivity index (χ1n) is 6.57. The predicted molar refractivity (Wildman–Crippen MR) is 75.0 cm³/mol. The molecule has 0 spiro atoms. The molecule has 1 aliphatic heterocycles. The number of likely N-dealkylation sites (tertiary alicyclic amines) is 1. The van der Waals surface area contributed by atoms with Crippen LogP contribution in [0, 0.1) is 0 Å². The summed E-state index contributed by atoms with van der Waals surface area (Å²) in [6.07, 6.45) is 0.975. The molecule has 1 aromatic carbocycles. The molecule has 1 unspecified atom stereocenters. The lowest BCUT2D eigenvalue weighted by atomic mass is 10.2. The summed E-state index contributed by atoms with van der Waals surface area (Å²) in [5.41, 5.74) is 1.01. The van der Waals surface area contributed by atoms with Gasteiger partial charge in [-0.15, -0.1) is 0 Å². The largest absolute Gasteiger partial charge is 0.390 e. The molecule has 0 aromatic heterocycles. The number of nitrogens with one attached hydrogen (secondary N) is 1. The number of hydrogen-bond donors (Lipinski definition) is 2. The highest BCUT2D eigenvalue weighted by atomic mass is 35.5. The van der Waals surface area contributed by atoms with E-state index in [9.17, 15) is 9.90 Å². The minimum Gasteiger partial charge on any atom is -0.390 e. The molecular weight excluding hydrogens is 264 g/mol. The average molecular weight is 283 g/mol. The number of hydrogen-bond acceptors (Lipinski definition) is 3. The van der Waals surface area contributed by atoms with Gasteiger partial charge in [-0.2, -0.15) is 0 Å². The Kier molecular flexibility index (Phi) is 5.19. The van der Waals surface area contributed by atoms with Crippen LogP contribution < -0.4 is 5.32 Å². The summed E-state index contributed by atoms with van der Waals surface area (Å²) in [4.78, 5) is 13.2. The second kappa shape index (κ2) is 6.89. The van der Waals surface area contributed by atoms with Crippen molar-refractivity contribution in [1.29, 1.82) is 0 Å². The zero-order valence-electron chi connectivity index (χ0n) is 10.8. The maximum Gasteiger partial charge on any atom is 0.222 e. The smallest absolute Gasteiger partial charge is 0.222 e. The Labute approximate surface area is 118 Å². The van der Waals surface area contributed by atoms with Gasteiger partial charge < -0.3 is 15.3 Å². The van der Waals surface area contributed by atoms with Crippen molar-refractivity contribution < 1.29 is 9.90 Å². The molecule has 1 atom stereocenters. The fourth-order valence-electron chi connectivity index (χ4n) is 2.23. The van der Waals surface area contributed by atoms with Gasteiger partial charge in [0.15, 0.2) is 0 Å². The Hall–Kier alpha value is -1.10. The van der Waals surface area contributed by atoms with Crippen LogP contribution in [0.1, 0.15) is 18.4 Å². The van der Waals surface area contributed by atoms with Crippen LogP contribution in [0.5, 0.6) is 0 Å². The Bertz CT molecular complexity index is 439. The van der Waals surface area contributed by atoms with Gasteiger partial charge in [0.25, 0.3) is 0 Å². The fourth-order valence-corrected chi connectivity index (χ4v) is 2.43. The summed E-state index contributed by atoms with van der Waals surface area (Å²) < 4.78 is 0. The third kappa shape index (κ3) is 4.20. The third-order valence-corrected chi connectivity index (χ3v) is 3.62. The molecule has 1 fully saturated rings. The van der Waals surface area contributed by atoms with E-state index in [4.69, 9.17) is 11.6 Å². The molecule has 104 valence electrons. The molecule has 2 N–H and O–H groups in total. The van der Waals surface area contributed by atoms with Gasteiger partial charge in [-0.25, -0.2) is 0 Å². The SMILES string of the molecule is O=C1CCCN1CC(O)CNCc1ccccc1Cl. The summed E-state index contributed by atoms with van der Waals surface area (Å²) >= 11 is 6.04. The Morgan fingerprint density at radius 1 is 1.42 bits per heavy atom. The Morgan fingerprint density at radius 3 is 2.89 bits per heavy atom. The lowest BCUT2D eigenvalue weighted by Crippen LogP contribution is -2.38. The Morgan fingerprint density at radius 2 is 2.21 bits per heavy atom. The van der Waals surface area contributed by atoms with Gasteiger partial charge >= 0.3 is 0 Å². The Balaban J connectivity index is 1.70. The van der Waals surface area contributed by atoms with E-state index in [1.54, 1.807) is 4.90 Å². The predicted octanol–water partition coefficient (Wildman–Crippen LogP) is 1.41.